The van der Waals surface area contributed by atoms with Crippen molar-refractivity contribution >= 4 is 5.91 Å². The smallest absolute Gasteiger partial charge is 0.226 e. The minimum absolute atomic E-state index is 0.119. The molecular formula is C22H25N5O4. The Labute approximate surface area is 179 Å². The number of ether oxygens (including phenoxy) is 1. The Morgan fingerprint density at radius 2 is 2.13 bits per heavy atom. The fraction of sp³-hybridized carbons (Fsp3) is 0.500. The zero-order valence-corrected chi connectivity index (χ0v) is 17.3. The first kappa shape index (κ1) is 19.9. The molecule has 5 heterocycles. The van der Waals surface area contributed by atoms with Gasteiger partial charge in [0.15, 0.2) is 5.89 Å². The molecule has 0 atom stereocenters. The number of hydrogen-bond donors (Lipinski definition) is 0. The molecule has 1 amide bonds. The lowest BCUT2D eigenvalue weighted by atomic mass is 10.0. The number of rotatable bonds is 6. The molecule has 1 fully saturated rings. The second kappa shape index (κ2) is 8.97. The number of carbonyl (C=O) groups is 1. The number of hydrogen-bond acceptors (Lipinski definition) is 8. The number of aromatic nitrogens is 4. The van der Waals surface area contributed by atoms with Crippen LogP contribution in [0.4, 0.5) is 0 Å². The van der Waals surface area contributed by atoms with Crippen LogP contribution in [0.3, 0.4) is 0 Å². The van der Waals surface area contributed by atoms with Crippen molar-refractivity contribution in [3.63, 3.8) is 0 Å². The van der Waals surface area contributed by atoms with Crippen LogP contribution in [0, 0.1) is 0 Å². The molecule has 0 aromatic carbocycles. The average molecular weight is 423 g/mol. The molecule has 0 saturated carbocycles. The third-order valence-electron chi connectivity index (χ3n) is 5.84. The van der Waals surface area contributed by atoms with Crippen LogP contribution in [0.5, 0.6) is 0 Å². The summed E-state index contributed by atoms with van der Waals surface area (Å²) >= 11 is 0. The van der Waals surface area contributed by atoms with Gasteiger partial charge in [-0.1, -0.05) is 5.16 Å². The lowest BCUT2D eigenvalue weighted by Crippen LogP contribution is -2.35. The minimum Gasteiger partial charge on any atom is -0.445 e. The number of aryl methyl sites for hydroxylation is 1. The molecule has 0 spiro atoms. The fourth-order valence-corrected chi connectivity index (χ4v) is 4.07. The Morgan fingerprint density at radius 3 is 2.97 bits per heavy atom. The summed E-state index contributed by atoms with van der Waals surface area (Å²) < 4.78 is 16.7. The lowest BCUT2D eigenvalue weighted by Gasteiger charge is -2.25. The van der Waals surface area contributed by atoms with Gasteiger partial charge in [-0.15, -0.1) is 0 Å². The van der Waals surface area contributed by atoms with Gasteiger partial charge >= 0.3 is 0 Å². The predicted molar refractivity (Wildman–Crippen MR) is 109 cm³/mol. The van der Waals surface area contributed by atoms with E-state index < -0.39 is 0 Å². The molecule has 3 aromatic heterocycles. The van der Waals surface area contributed by atoms with E-state index in [-0.39, 0.29) is 5.91 Å². The third kappa shape index (κ3) is 4.51. The molecule has 1 saturated heterocycles. The fourth-order valence-electron chi connectivity index (χ4n) is 4.07. The Morgan fingerprint density at radius 1 is 1.23 bits per heavy atom. The van der Waals surface area contributed by atoms with Gasteiger partial charge in [-0.05, 0) is 31.4 Å². The van der Waals surface area contributed by atoms with E-state index in [2.05, 4.69) is 15.1 Å². The van der Waals surface area contributed by atoms with Crippen LogP contribution in [0.1, 0.15) is 54.8 Å². The molecule has 31 heavy (non-hydrogen) atoms. The lowest BCUT2D eigenvalue weighted by molar-refractivity contribution is -0.132. The highest BCUT2D eigenvalue weighted by atomic mass is 16.5. The third-order valence-corrected chi connectivity index (χ3v) is 5.84. The Kier molecular flexibility index (Phi) is 5.75. The quantitative estimate of drug-likeness (QED) is 0.596. The Hall–Kier alpha value is -3.07. The van der Waals surface area contributed by atoms with Crippen LogP contribution in [-0.4, -0.2) is 50.7 Å². The molecule has 2 aliphatic rings. The molecule has 0 aliphatic carbocycles. The monoisotopic (exact) mass is 423 g/mol. The summed E-state index contributed by atoms with van der Waals surface area (Å²) in [6.07, 6.45) is 7.66. The van der Waals surface area contributed by atoms with E-state index in [0.29, 0.717) is 50.0 Å². The molecule has 0 N–H and O–H groups in total. The summed E-state index contributed by atoms with van der Waals surface area (Å²) in [5.41, 5.74) is 1.71. The number of fused-ring (bicyclic) bond motifs is 1. The van der Waals surface area contributed by atoms with Crippen molar-refractivity contribution in [2.45, 2.75) is 51.0 Å². The molecule has 2 aliphatic heterocycles. The minimum atomic E-state index is 0.119. The normalized spacial score (nSPS) is 17.0. The van der Waals surface area contributed by atoms with E-state index in [1.807, 2.05) is 17.0 Å². The molecule has 162 valence electrons. The molecule has 0 bridgehead atoms. The molecule has 9 heteroatoms. The maximum atomic E-state index is 12.7. The van der Waals surface area contributed by atoms with Gasteiger partial charge in [-0.3, -0.25) is 9.78 Å². The van der Waals surface area contributed by atoms with Crippen molar-refractivity contribution in [2.24, 2.45) is 0 Å². The van der Waals surface area contributed by atoms with Crippen molar-refractivity contribution in [1.29, 1.82) is 0 Å². The average Bonchev–Trinajstić information content (AvgIpc) is 3.47. The molecule has 9 nitrogen and oxygen atoms in total. The van der Waals surface area contributed by atoms with Crippen molar-refractivity contribution in [3.05, 3.63) is 47.8 Å². The number of carbonyl (C=O) groups excluding carboxylic acids is 1. The molecule has 0 unspecified atom stereocenters. The molecular weight excluding hydrogens is 398 g/mol. The predicted octanol–water partition coefficient (Wildman–Crippen LogP) is 2.92. The first-order chi connectivity index (χ1) is 15.3. The maximum Gasteiger partial charge on any atom is 0.226 e. The maximum absolute atomic E-state index is 12.7. The first-order valence-corrected chi connectivity index (χ1v) is 10.8. The summed E-state index contributed by atoms with van der Waals surface area (Å²) in [5.74, 6) is 3.24. The van der Waals surface area contributed by atoms with Crippen LogP contribution in [-0.2, 0) is 28.9 Å². The summed E-state index contributed by atoms with van der Waals surface area (Å²) in [7, 11) is 0. The van der Waals surface area contributed by atoms with Crippen LogP contribution in [0.25, 0.3) is 11.4 Å². The van der Waals surface area contributed by atoms with Crippen molar-refractivity contribution in [1.82, 2.24) is 25.0 Å². The standard InChI is InChI=1S/C22H25N5O4/c28-20(5-1-4-19-25-21(26-31-19)16-3-2-9-23-13-16)27-10-6-18-17(14-27)24-22(30-18)15-7-11-29-12-8-15/h2-3,9,13,15H,1,4-8,10-12,14H2. The number of amides is 1. The van der Waals surface area contributed by atoms with E-state index in [1.54, 1.807) is 12.4 Å². The number of nitrogens with zero attached hydrogens (tertiary/aromatic N) is 5. The SMILES string of the molecule is O=C(CCCc1nc(-c2cccnc2)no1)N1CCc2oc(C3CCOCC3)nc2C1. The Bertz CT molecular complexity index is 1030. The van der Waals surface area contributed by atoms with Gasteiger partial charge in [-0.25, -0.2) is 4.98 Å². The van der Waals surface area contributed by atoms with Gasteiger partial charge < -0.3 is 18.6 Å². The van der Waals surface area contributed by atoms with E-state index in [4.69, 9.17) is 18.7 Å². The highest BCUT2D eigenvalue weighted by Gasteiger charge is 2.28. The van der Waals surface area contributed by atoms with Gasteiger partial charge in [0, 0.05) is 62.9 Å². The summed E-state index contributed by atoms with van der Waals surface area (Å²) in [6.45, 7) is 2.70. The van der Waals surface area contributed by atoms with Crippen LogP contribution >= 0.6 is 0 Å². The Balaban J connectivity index is 1.13. The van der Waals surface area contributed by atoms with Crippen molar-refractivity contribution in [3.8, 4) is 11.4 Å². The van der Waals surface area contributed by atoms with Crippen LogP contribution in [0.2, 0.25) is 0 Å². The van der Waals surface area contributed by atoms with E-state index >= 15 is 0 Å². The molecule has 3 aromatic rings. The van der Waals surface area contributed by atoms with Crippen molar-refractivity contribution < 1.29 is 18.5 Å². The zero-order valence-electron chi connectivity index (χ0n) is 17.3. The highest BCUT2D eigenvalue weighted by molar-refractivity contribution is 5.76. The van der Waals surface area contributed by atoms with Gasteiger partial charge in [0.2, 0.25) is 17.6 Å². The van der Waals surface area contributed by atoms with Crippen molar-refractivity contribution in [2.75, 3.05) is 19.8 Å². The van der Waals surface area contributed by atoms with E-state index in [0.717, 1.165) is 55.4 Å². The number of pyridine rings is 1. The first-order valence-electron chi connectivity index (χ1n) is 10.8. The van der Waals surface area contributed by atoms with Crippen LogP contribution < -0.4 is 0 Å². The second-order valence-corrected chi connectivity index (χ2v) is 7.98. The zero-order chi connectivity index (χ0) is 21.0. The van der Waals surface area contributed by atoms with Gasteiger partial charge in [-0.2, -0.15) is 4.98 Å². The molecule has 0 radical (unpaired) electrons. The molecule has 5 rings (SSSR count). The van der Waals surface area contributed by atoms with Gasteiger partial charge in [0.1, 0.15) is 11.5 Å². The van der Waals surface area contributed by atoms with Gasteiger partial charge in [0.25, 0.3) is 0 Å². The largest absolute Gasteiger partial charge is 0.445 e. The van der Waals surface area contributed by atoms with Gasteiger partial charge in [0.05, 0.1) is 6.54 Å². The summed E-state index contributed by atoms with van der Waals surface area (Å²) in [5, 5.41) is 3.99. The summed E-state index contributed by atoms with van der Waals surface area (Å²) in [6, 6.07) is 3.71. The number of oxazole rings is 1. The summed E-state index contributed by atoms with van der Waals surface area (Å²) in [4.78, 5) is 27.7. The van der Waals surface area contributed by atoms with Crippen LogP contribution in [0.15, 0.2) is 33.5 Å². The van der Waals surface area contributed by atoms with E-state index in [9.17, 15) is 4.79 Å². The highest BCUT2D eigenvalue weighted by Crippen LogP contribution is 2.30. The van der Waals surface area contributed by atoms with E-state index in [1.165, 1.54) is 0 Å². The topological polar surface area (TPSA) is 107 Å². The second-order valence-electron chi connectivity index (χ2n) is 7.98.